The lowest BCUT2D eigenvalue weighted by molar-refractivity contribution is 0.0226. The molecule has 5 rings (SSSR count). The molecular weight excluding hydrogens is 504 g/mol. The van der Waals surface area contributed by atoms with Crippen LogP contribution in [0.15, 0.2) is 60.7 Å². The topological polar surface area (TPSA) is 127 Å². The maximum Gasteiger partial charge on any atom is 0.339 e. The third-order valence-corrected chi connectivity index (χ3v) is 6.66. The smallest absolute Gasteiger partial charge is 0.339 e. The van der Waals surface area contributed by atoms with Gasteiger partial charge in [-0.1, -0.05) is 12.1 Å². The van der Waals surface area contributed by atoms with E-state index < -0.39 is 30.5 Å². The Balaban J connectivity index is 1.27. The summed E-state index contributed by atoms with van der Waals surface area (Å²) in [6, 6.07) is 15.5. The zero-order valence-corrected chi connectivity index (χ0v) is 21.1. The fourth-order valence-electron chi connectivity index (χ4n) is 4.60. The number of carbonyl (C=O) groups excluding carboxylic acids is 6. The standard InChI is InChI=1S/C29H22N2O8/c1-3-30-24(32)20-10-4-16(13-22(20)26(30)34)12-17-5-11-21-23(14-17)27(35)31(25(21)33)15-39-29(37)19-8-6-18(7-9-19)28(36)38-2/h4-11,13-14H,3,12,15H2,1-2H3. The molecule has 0 saturated carbocycles. The zero-order chi connectivity index (χ0) is 27.8. The van der Waals surface area contributed by atoms with Crippen LogP contribution in [-0.4, -0.2) is 65.8 Å². The summed E-state index contributed by atoms with van der Waals surface area (Å²) in [5.41, 5.74) is 2.98. The minimum Gasteiger partial charge on any atom is -0.465 e. The van der Waals surface area contributed by atoms with E-state index in [2.05, 4.69) is 4.74 Å². The quantitative estimate of drug-likeness (QED) is 0.340. The first-order valence-corrected chi connectivity index (χ1v) is 12.1. The minimum absolute atomic E-state index is 0.137. The van der Waals surface area contributed by atoms with Crippen molar-refractivity contribution in [2.45, 2.75) is 13.3 Å². The Hall–Kier alpha value is -5.12. The molecule has 0 saturated heterocycles. The van der Waals surface area contributed by atoms with Crippen molar-refractivity contribution in [2.75, 3.05) is 20.4 Å². The van der Waals surface area contributed by atoms with Crippen LogP contribution in [0.5, 0.6) is 0 Å². The number of carbonyl (C=O) groups is 6. The SMILES string of the molecule is CCN1C(=O)c2ccc(Cc3ccc4c(c3)C(=O)N(COC(=O)c3ccc(C(=O)OC)cc3)C4=O)cc2C1=O. The highest BCUT2D eigenvalue weighted by molar-refractivity contribution is 6.22. The average molecular weight is 527 g/mol. The van der Waals surface area contributed by atoms with Gasteiger partial charge in [-0.05, 0) is 73.0 Å². The van der Waals surface area contributed by atoms with Crippen molar-refractivity contribution < 1.29 is 38.2 Å². The molecule has 3 aromatic rings. The number of esters is 2. The first-order valence-electron chi connectivity index (χ1n) is 12.1. The van der Waals surface area contributed by atoms with E-state index in [4.69, 9.17) is 4.74 Å². The second kappa shape index (κ2) is 9.97. The summed E-state index contributed by atoms with van der Waals surface area (Å²) in [5.74, 6) is -3.16. The Morgan fingerprint density at radius 3 is 1.62 bits per heavy atom. The number of imide groups is 2. The van der Waals surface area contributed by atoms with E-state index in [0.717, 1.165) is 16.0 Å². The summed E-state index contributed by atoms with van der Waals surface area (Å²) in [7, 11) is 1.24. The molecule has 10 heteroatoms. The van der Waals surface area contributed by atoms with Crippen LogP contribution >= 0.6 is 0 Å². The van der Waals surface area contributed by atoms with Gasteiger partial charge in [0.15, 0.2) is 6.73 Å². The van der Waals surface area contributed by atoms with Gasteiger partial charge in [0, 0.05) is 6.54 Å². The molecule has 3 aromatic carbocycles. The number of hydrogen-bond donors (Lipinski definition) is 0. The summed E-state index contributed by atoms with van der Waals surface area (Å²) in [4.78, 5) is 76.7. The first-order chi connectivity index (χ1) is 18.7. The van der Waals surface area contributed by atoms with Crippen LogP contribution < -0.4 is 0 Å². The summed E-state index contributed by atoms with van der Waals surface area (Å²) in [6.45, 7) is 1.45. The van der Waals surface area contributed by atoms with E-state index in [-0.39, 0.29) is 40.6 Å². The lowest BCUT2D eigenvalue weighted by Crippen LogP contribution is -2.33. The van der Waals surface area contributed by atoms with Crippen LogP contribution in [0.25, 0.3) is 0 Å². The molecule has 2 aliphatic rings. The van der Waals surface area contributed by atoms with Crippen LogP contribution in [0.2, 0.25) is 0 Å². The van der Waals surface area contributed by atoms with Crippen molar-refractivity contribution in [1.29, 1.82) is 0 Å². The van der Waals surface area contributed by atoms with Gasteiger partial charge >= 0.3 is 11.9 Å². The molecule has 196 valence electrons. The van der Waals surface area contributed by atoms with Crippen LogP contribution in [-0.2, 0) is 15.9 Å². The van der Waals surface area contributed by atoms with Gasteiger partial charge in [-0.2, -0.15) is 0 Å². The molecule has 2 heterocycles. The predicted molar refractivity (Wildman–Crippen MR) is 135 cm³/mol. The monoisotopic (exact) mass is 526 g/mol. The van der Waals surface area contributed by atoms with Crippen molar-refractivity contribution in [3.05, 3.63) is 105 Å². The molecule has 0 atom stereocenters. The van der Waals surface area contributed by atoms with Gasteiger partial charge in [-0.25, -0.2) is 14.5 Å². The number of hydrogen-bond acceptors (Lipinski definition) is 8. The number of fused-ring (bicyclic) bond motifs is 2. The van der Waals surface area contributed by atoms with Crippen LogP contribution in [0.4, 0.5) is 0 Å². The number of methoxy groups -OCH3 is 1. The summed E-state index contributed by atoms with van der Waals surface area (Å²) in [5, 5.41) is 0. The molecule has 0 aromatic heterocycles. The van der Waals surface area contributed by atoms with Crippen molar-refractivity contribution in [2.24, 2.45) is 0 Å². The number of rotatable bonds is 7. The van der Waals surface area contributed by atoms with Crippen molar-refractivity contribution in [3.63, 3.8) is 0 Å². The fourth-order valence-corrected chi connectivity index (χ4v) is 4.60. The van der Waals surface area contributed by atoms with Crippen LogP contribution in [0.1, 0.15) is 80.2 Å². The lowest BCUT2D eigenvalue weighted by atomic mass is 9.98. The van der Waals surface area contributed by atoms with E-state index in [1.165, 1.54) is 36.3 Å². The van der Waals surface area contributed by atoms with E-state index in [9.17, 15) is 28.8 Å². The van der Waals surface area contributed by atoms with Gasteiger partial charge in [-0.15, -0.1) is 0 Å². The Labute approximate surface area is 222 Å². The molecule has 4 amide bonds. The maximum atomic E-state index is 13.0. The number of benzene rings is 3. The lowest BCUT2D eigenvalue weighted by Gasteiger charge is -2.14. The van der Waals surface area contributed by atoms with Gasteiger partial charge in [0.2, 0.25) is 0 Å². The molecule has 0 unspecified atom stereocenters. The molecular formula is C29H22N2O8. The highest BCUT2D eigenvalue weighted by Crippen LogP contribution is 2.27. The molecule has 0 spiro atoms. The van der Waals surface area contributed by atoms with Crippen molar-refractivity contribution >= 4 is 35.6 Å². The largest absolute Gasteiger partial charge is 0.465 e. The van der Waals surface area contributed by atoms with E-state index in [0.29, 0.717) is 17.5 Å². The first kappa shape index (κ1) is 25.5. The van der Waals surface area contributed by atoms with Crippen molar-refractivity contribution in [1.82, 2.24) is 9.80 Å². The Morgan fingerprint density at radius 2 is 1.10 bits per heavy atom. The molecule has 10 nitrogen and oxygen atoms in total. The molecule has 39 heavy (non-hydrogen) atoms. The Morgan fingerprint density at radius 1 is 0.641 bits per heavy atom. The Bertz CT molecular complexity index is 1570. The molecule has 0 radical (unpaired) electrons. The maximum absolute atomic E-state index is 13.0. The number of nitrogens with zero attached hydrogens (tertiary/aromatic N) is 2. The number of amides is 4. The van der Waals surface area contributed by atoms with Gasteiger partial charge in [-0.3, -0.25) is 24.1 Å². The molecule has 0 N–H and O–H groups in total. The van der Waals surface area contributed by atoms with Gasteiger partial charge in [0.05, 0.1) is 40.5 Å². The second-order valence-corrected chi connectivity index (χ2v) is 8.96. The third kappa shape index (κ3) is 4.46. The highest BCUT2D eigenvalue weighted by atomic mass is 16.5. The van der Waals surface area contributed by atoms with Crippen LogP contribution in [0, 0.1) is 0 Å². The minimum atomic E-state index is -0.769. The van der Waals surface area contributed by atoms with E-state index in [1.54, 1.807) is 43.3 Å². The van der Waals surface area contributed by atoms with Gasteiger partial charge in [0.25, 0.3) is 23.6 Å². The normalized spacial score (nSPS) is 14.0. The third-order valence-electron chi connectivity index (χ3n) is 6.66. The van der Waals surface area contributed by atoms with Gasteiger partial charge < -0.3 is 9.47 Å². The Kier molecular flexibility index (Phi) is 6.53. The van der Waals surface area contributed by atoms with E-state index >= 15 is 0 Å². The molecule has 0 aliphatic carbocycles. The second-order valence-electron chi connectivity index (χ2n) is 8.96. The van der Waals surface area contributed by atoms with E-state index in [1.807, 2.05) is 0 Å². The molecule has 2 aliphatic heterocycles. The van der Waals surface area contributed by atoms with Crippen LogP contribution in [0.3, 0.4) is 0 Å². The fraction of sp³-hybridized carbons (Fsp3) is 0.172. The molecule has 0 fully saturated rings. The number of ether oxygens (including phenoxy) is 2. The van der Waals surface area contributed by atoms with Crippen molar-refractivity contribution in [3.8, 4) is 0 Å². The van der Waals surface area contributed by atoms with Gasteiger partial charge in [0.1, 0.15) is 0 Å². The zero-order valence-electron chi connectivity index (χ0n) is 21.1. The molecule has 0 bridgehead atoms. The average Bonchev–Trinajstić information content (AvgIpc) is 3.34. The summed E-state index contributed by atoms with van der Waals surface area (Å²) >= 11 is 0. The highest BCUT2D eigenvalue weighted by Gasteiger charge is 2.37. The predicted octanol–water partition coefficient (Wildman–Crippen LogP) is 3.09. The summed E-state index contributed by atoms with van der Waals surface area (Å²) in [6.07, 6.45) is 0.367. The summed E-state index contributed by atoms with van der Waals surface area (Å²) < 4.78 is 9.80.